The summed E-state index contributed by atoms with van der Waals surface area (Å²) in [5.74, 6) is 0.423. The molecule has 1 aliphatic heterocycles. The number of anilines is 1. The van der Waals surface area contributed by atoms with Crippen LogP contribution in [0.4, 0.5) is 5.69 Å². The minimum absolute atomic E-state index is 0.0163. The van der Waals surface area contributed by atoms with E-state index in [-0.39, 0.29) is 11.7 Å². The van der Waals surface area contributed by atoms with Crippen LogP contribution >= 0.6 is 0 Å². The molecule has 0 bridgehead atoms. The Bertz CT molecular complexity index is 795. The SMILES string of the molecule is CCOc1ccc(/C=C/C(=O)Nc2cc(C3OCCCO3)ccc2O)cc1. The molecule has 1 aliphatic rings. The largest absolute Gasteiger partial charge is 0.506 e. The molecule has 3 rings (SSSR count). The van der Waals surface area contributed by atoms with Crippen molar-refractivity contribution in [3.8, 4) is 11.5 Å². The second-order valence-corrected chi connectivity index (χ2v) is 6.03. The zero-order valence-corrected chi connectivity index (χ0v) is 15.2. The van der Waals surface area contributed by atoms with Gasteiger partial charge in [-0.1, -0.05) is 18.2 Å². The Balaban J connectivity index is 1.64. The maximum absolute atomic E-state index is 12.2. The van der Waals surface area contributed by atoms with Gasteiger partial charge < -0.3 is 24.6 Å². The Morgan fingerprint density at radius 2 is 1.96 bits per heavy atom. The first kappa shape index (κ1) is 18.9. The molecule has 0 aromatic heterocycles. The fraction of sp³-hybridized carbons (Fsp3) is 0.286. The van der Waals surface area contributed by atoms with Crippen molar-refractivity contribution in [3.63, 3.8) is 0 Å². The molecule has 2 N–H and O–H groups in total. The topological polar surface area (TPSA) is 77.0 Å². The number of rotatable bonds is 6. The molecule has 0 unspecified atom stereocenters. The maximum atomic E-state index is 12.2. The van der Waals surface area contributed by atoms with E-state index in [0.29, 0.717) is 25.5 Å². The van der Waals surface area contributed by atoms with Gasteiger partial charge in [0.1, 0.15) is 11.5 Å². The average molecular weight is 369 g/mol. The molecule has 27 heavy (non-hydrogen) atoms. The van der Waals surface area contributed by atoms with Crippen molar-refractivity contribution in [2.75, 3.05) is 25.1 Å². The van der Waals surface area contributed by atoms with Crippen LogP contribution in [0.1, 0.15) is 30.8 Å². The van der Waals surface area contributed by atoms with E-state index < -0.39 is 6.29 Å². The standard InChI is InChI=1S/C21H23NO5/c1-2-25-17-8-4-15(5-9-17)6-11-20(24)22-18-14-16(7-10-19(18)23)21-26-12-3-13-27-21/h4-11,14,21,23H,2-3,12-13H2,1H3,(H,22,24)/b11-6+. The number of hydrogen-bond donors (Lipinski definition) is 2. The zero-order valence-electron chi connectivity index (χ0n) is 15.2. The average Bonchev–Trinajstić information content (AvgIpc) is 2.70. The highest BCUT2D eigenvalue weighted by molar-refractivity contribution is 6.02. The van der Waals surface area contributed by atoms with Gasteiger partial charge in [-0.25, -0.2) is 0 Å². The van der Waals surface area contributed by atoms with Crippen molar-refractivity contribution in [2.24, 2.45) is 0 Å². The summed E-state index contributed by atoms with van der Waals surface area (Å²) < 4.78 is 16.5. The summed E-state index contributed by atoms with van der Waals surface area (Å²) in [4.78, 5) is 12.2. The highest BCUT2D eigenvalue weighted by Gasteiger charge is 2.18. The van der Waals surface area contributed by atoms with Crippen molar-refractivity contribution >= 4 is 17.7 Å². The van der Waals surface area contributed by atoms with Crippen LogP contribution < -0.4 is 10.1 Å². The molecule has 1 heterocycles. The number of carbonyl (C=O) groups is 1. The van der Waals surface area contributed by atoms with E-state index in [4.69, 9.17) is 14.2 Å². The number of nitrogens with one attached hydrogen (secondary N) is 1. The summed E-state index contributed by atoms with van der Waals surface area (Å²) in [6, 6.07) is 12.3. The number of aromatic hydroxyl groups is 1. The van der Waals surface area contributed by atoms with Crippen LogP contribution in [0.2, 0.25) is 0 Å². The Kier molecular flexibility index (Phi) is 6.46. The lowest BCUT2D eigenvalue weighted by atomic mass is 10.1. The number of carbonyl (C=O) groups excluding carboxylic acids is 1. The molecular weight excluding hydrogens is 346 g/mol. The third-order valence-corrected chi connectivity index (χ3v) is 4.00. The normalized spacial score (nSPS) is 15.0. The van der Waals surface area contributed by atoms with Crippen molar-refractivity contribution in [1.82, 2.24) is 0 Å². The number of phenols is 1. The first-order chi connectivity index (χ1) is 13.2. The lowest BCUT2D eigenvalue weighted by Crippen LogP contribution is -2.18. The van der Waals surface area contributed by atoms with Gasteiger partial charge in [0.25, 0.3) is 0 Å². The number of amides is 1. The third kappa shape index (κ3) is 5.32. The summed E-state index contributed by atoms with van der Waals surface area (Å²) in [7, 11) is 0. The summed E-state index contributed by atoms with van der Waals surface area (Å²) >= 11 is 0. The Labute approximate surface area is 158 Å². The van der Waals surface area contributed by atoms with E-state index in [1.54, 1.807) is 18.2 Å². The molecule has 142 valence electrons. The molecule has 0 radical (unpaired) electrons. The molecule has 6 nitrogen and oxygen atoms in total. The predicted molar refractivity (Wildman–Crippen MR) is 103 cm³/mol. The van der Waals surface area contributed by atoms with Crippen molar-refractivity contribution in [3.05, 3.63) is 59.7 Å². The number of phenolic OH excluding ortho intramolecular Hbond substituents is 1. The molecule has 1 amide bonds. The minimum Gasteiger partial charge on any atom is -0.506 e. The first-order valence-electron chi connectivity index (χ1n) is 8.94. The van der Waals surface area contributed by atoms with Crippen LogP contribution in [-0.2, 0) is 14.3 Å². The molecule has 2 aromatic rings. The monoisotopic (exact) mass is 369 g/mol. The summed E-state index contributed by atoms with van der Waals surface area (Å²) in [6.45, 7) is 3.78. The van der Waals surface area contributed by atoms with Gasteiger partial charge in [-0.3, -0.25) is 4.79 Å². The molecule has 0 atom stereocenters. The van der Waals surface area contributed by atoms with E-state index in [0.717, 1.165) is 23.3 Å². The van der Waals surface area contributed by atoms with Crippen molar-refractivity contribution in [1.29, 1.82) is 0 Å². The molecule has 6 heteroatoms. The van der Waals surface area contributed by atoms with Crippen LogP contribution in [0.3, 0.4) is 0 Å². The van der Waals surface area contributed by atoms with Gasteiger partial charge >= 0.3 is 0 Å². The van der Waals surface area contributed by atoms with E-state index in [2.05, 4.69) is 5.32 Å². The second kappa shape index (κ2) is 9.21. The van der Waals surface area contributed by atoms with Gasteiger partial charge in [-0.15, -0.1) is 0 Å². The summed E-state index contributed by atoms with van der Waals surface area (Å²) in [5, 5.41) is 12.7. The lowest BCUT2D eigenvalue weighted by molar-refractivity contribution is -0.183. The van der Waals surface area contributed by atoms with Crippen LogP contribution in [-0.4, -0.2) is 30.8 Å². The van der Waals surface area contributed by atoms with E-state index >= 15 is 0 Å². The maximum Gasteiger partial charge on any atom is 0.248 e. The molecule has 0 saturated carbocycles. The molecule has 1 saturated heterocycles. The molecule has 1 fully saturated rings. The third-order valence-electron chi connectivity index (χ3n) is 4.00. The summed E-state index contributed by atoms with van der Waals surface area (Å²) in [6.07, 6.45) is 3.48. The Hall–Kier alpha value is -2.83. The molecular formula is C21H23NO5. The van der Waals surface area contributed by atoms with Crippen LogP contribution in [0.15, 0.2) is 48.5 Å². The Morgan fingerprint density at radius 1 is 1.22 bits per heavy atom. The van der Waals surface area contributed by atoms with Crippen LogP contribution in [0.25, 0.3) is 6.08 Å². The van der Waals surface area contributed by atoms with Gasteiger partial charge in [-0.05, 0) is 49.2 Å². The minimum atomic E-state index is -0.477. The van der Waals surface area contributed by atoms with Gasteiger partial charge in [0.15, 0.2) is 6.29 Å². The van der Waals surface area contributed by atoms with Gasteiger partial charge in [-0.2, -0.15) is 0 Å². The molecule has 0 spiro atoms. The molecule has 2 aromatic carbocycles. The smallest absolute Gasteiger partial charge is 0.248 e. The fourth-order valence-electron chi connectivity index (χ4n) is 2.67. The predicted octanol–water partition coefficient (Wildman–Crippen LogP) is 3.88. The van der Waals surface area contributed by atoms with E-state index in [1.165, 1.54) is 12.1 Å². The highest BCUT2D eigenvalue weighted by atomic mass is 16.7. The van der Waals surface area contributed by atoms with E-state index in [9.17, 15) is 9.90 Å². The van der Waals surface area contributed by atoms with Gasteiger partial charge in [0.2, 0.25) is 5.91 Å². The van der Waals surface area contributed by atoms with Crippen LogP contribution in [0.5, 0.6) is 11.5 Å². The number of hydrogen-bond acceptors (Lipinski definition) is 5. The van der Waals surface area contributed by atoms with E-state index in [1.807, 2.05) is 31.2 Å². The molecule has 0 aliphatic carbocycles. The number of ether oxygens (including phenoxy) is 3. The van der Waals surface area contributed by atoms with Gasteiger partial charge in [0.05, 0.1) is 25.5 Å². The van der Waals surface area contributed by atoms with Crippen molar-refractivity contribution < 1.29 is 24.1 Å². The summed E-state index contributed by atoms with van der Waals surface area (Å²) in [5.41, 5.74) is 1.93. The zero-order chi connectivity index (χ0) is 19.1. The van der Waals surface area contributed by atoms with Gasteiger partial charge in [0, 0.05) is 11.6 Å². The second-order valence-electron chi connectivity index (χ2n) is 6.03. The lowest BCUT2D eigenvalue weighted by Gasteiger charge is -2.24. The Morgan fingerprint density at radius 3 is 2.67 bits per heavy atom. The van der Waals surface area contributed by atoms with Crippen molar-refractivity contribution in [2.45, 2.75) is 19.6 Å². The fourth-order valence-corrected chi connectivity index (χ4v) is 2.67. The first-order valence-corrected chi connectivity index (χ1v) is 8.94. The highest BCUT2D eigenvalue weighted by Crippen LogP contribution is 2.30. The number of benzene rings is 2. The van der Waals surface area contributed by atoms with Crippen LogP contribution in [0, 0.1) is 0 Å². The quantitative estimate of drug-likeness (QED) is 0.597.